The second-order valence-corrected chi connectivity index (χ2v) is 9.09. The monoisotopic (exact) mass is 454 g/mol. The number of nitrogens with zero attached hydrogens (tertiary/aromatic N) is 6. The molecule has 0 saturated carbocycles. The van der Waals surface area contributed by atoms with E-state index in [1.807, 2.05) is 9.80 Å². The van der Waals surface area contributed by atoms with Gasteiger partial charge in [-0.15, -0.1) is 10.2 Å². The molecule has 0 bridgehead atoms. The zero-order chi connectivity index (χ0) is 22.8. The fraction of sp³-hybridized carbons (Fsp3) is 0.609. The first-order chi connectivity index (χ1) is 16.1. The number of hydrogen-bond donors (Lipinski definition) is 0. The third kappa shape index (κ3) is 4.44. The number of likely N-dealkylation sites (tertiary alicyclic amines) is 1. The highest BCUT2D eigenvalue weighted by molar-refractivity contribution is 5.96. The number of benzene rings is 1. The maximum absolute atomic E-state index is 13.3. The number of carbonyl (C=O) groups is 1. The van der Waals surface area contributed by atoms with Crippen LogP contribution >= 0.6 is 0 Å². The molecule has 1 aromatic heterocycles. The van der Waals surface area contributed by atoms with Gasteiger partial charge in [-0.1, -0.05) is 6.42 Å². The number of ether oxygens (including phenoxy) is 1. The van der Waals surface area contributed by atoms with Crippen LogP contribution in [0.25, 0.3) is 0 Å². The number of fused-ring (bicyclic) bond motifs is 1. The molecule has 1 unspecified atom stereocenters. The van der Waals surface area contributed by atoms with E-state index < -0.39 is 4.92 Å². The van der Waals surface area contributed by atoms with Gasteiger partial charge in [0.25, 0.3) is 11.6 Å². The minimum atomic E-state index is -0.397. The minimum absolute atomic E-state index is 0.0286. The van der Waals surface area contributed by atoms with Crippen molar-refractivity contribution >= 4 is 17.3 Å². The van der Waals surface area contributed by atoms with Crippen molar-refractivity contribution < 1.29 is 14.5 Å². The van der Waals surface area contributed by atoms with Crippen LogP contribution in [0.2, 0.25) is 0 Å². The molecule has 10 nitrogen and oxygen atoms in total. The van der Waals surface area contributed by atoms with E-state index in [0.29, 0.717) is 50.6 Å². The van der Waals surface area contributed by atoms with E-state index in [2.05, 4.69) is 14.8 Å². The molecule has 1 aromatic carbocycles. The van der Waals surface area contributed by atoms with E-state index in [0.717, 1.165) is 50.3 Å². The fourth-order valence-corrected chi connectivity index (χ4v) is 5.24. The first kappa shape index (κ1) is 21.8. The maximum Gasteiger partial charge on any atom is 0.293 e. The number of nitro groups is 1. The van der Waals surface area contributed by atoms with Crippen LogP contribution in [-0.4, -0.2) is 69.9 Å². The van der Waals surface area contributed by atoms with Crippen molar-refractivity contribution in [2.75, 3.05) is 44.3 Å². The van der Waals surface area contributed by atoms with Crippen molar-refractivity contribution in [1.82, 2.24) is 19.7 Å². The zero-order valence-electron chi connectivity index (χ0n) is 18.8. The van der Waals surface area contributed by atoms with Gasteiger partial charge in [0.2, 0.25) is 0 Å². The Bertz CT molecular complexity index is 1030. The van der Waals surface area contributed by atoms with Crippen LogP contribution in [0, 0.1) is 10.1 Å². The molecule has 3 aliphatic heterocycles. The van der Waals surface area contributed by atoms with Crippen LogP contribution in [0.3, 0.4) is 0 Å². The van der Waals surface area contributed by atoms with Crippen molar-refractivity contribution in [1.29, 1.82) is 0 Å². The van der Waals surface area contributed by atoms with E-state index in [4.69, 9.17) is 4.74 Å². The molecule has 0 spiro atoms. The lowest BCUT2D eigenvalue weighted by Crippen LogP contribution is -2.40. The summed E-state index contributed by atoms with van der Waals surface area (Å²) in [6.07, 6.45) is 6.29. The van der Waals surface area contributed by atoms with Crippen LogP contribution in [-0.2, 0) is 17.7 Å². The summed E-state index contributed by atoms with van der Waals surface area (Å²) in [7, 11) is 0. The number of rotatable bonds is 4. The molecule has 0 radical (unpaired) electrons. The summed E-state index contributed by atoms with van der Waals surface area (Å²) < 4.78 is 7.62. The first-order valence-electron chi connectivity index (χ1n) is 11.9. The molecular formula is C23H30N6O4. The van der Waals surface area contributed by atoms with E-state index in [-0.39, 0.29) is 17.5 Å². The van der Waals surface area contributed by atoms with Crippen molar-refractivity contribution in [2.45, 2.75) is 51.0 Å². The van der Waals surface area contributed by atoms with E-state index in [1.54, 1.807) is 12.1 Å². The number of carbonyl (C=O) groups excluding carboxylic acids is 1. The number of amides is 1. The van der Waals surface area contributed by atoms with Gasteiger partial charge < -0.3 is 19.1 Å². The number of piperidine rings is 1. The number of morpholine rings is 1. The Morgan fingerprint density at radius 2 is 1.91 bits per heavy atom. The van der Waals surface area contributed by atoms with Gasteiger partial charge in [-0.2, -0.15) is 0 Å². The summed E-state index contributed by atoms with van der Waals surface area (Å²) in [6.45, 7) is 4.44. The standard InChI is InChI=1S/C23H30N6O4/c30-23(17-7-8-19(20(15-17)29(31)32)26-11-13-33-14-12-26)27-9-4-5-18(16-27)22-25-24-21-6-2-1-3-10-28(21)22/h7-8,15,18H,1-6,9-14,16H2. The minimum Gasteiger partial charge on any atom is -0.378 e. The van der Waals surface area contributed by atoms with Gasteiger partial charge in [0, 0.05) is 56.7 Å². The Morgan fingerprint density at radius 1 is 1.06 bits per heavy atom. The highest BCUT2D eigenvalue weighted by atomic mass is 16.6. The molecule has 33 heavy (non-hydrogen) atoms. The maximum atomic E-state index is 13.3. The van der Waals surface area contributed by atoms with Gasteiger partial charge in [-0.05, 0) is 37.8 Å². The van der Waals surface area contributed by atoms with E-state index in [1.165, 1.54) is 12.5 Å². The molecule has 10 heteroatoms. The Hall–Kier alpha value is -3.01. The van der Waals surface area contributed by atoms with Crippen LogP contribution < -0.4 is 4.90 Å². The summed E-state index contributed by atoms with van der Waals surface area (Å²) in [5.74, 6) is 2.02. The number of aromatic nitrogens is 3. The second kappa shape index (κ2) is 9.46. The van der Waals surface area contributed by atoms with Crippen molar-refractivity contribution in [3.05, 3.63) is 45.5 Å². The first-order valence-corrected chi connectivity index (χ1v) is 11.9. The SMILES string of the molecule is O=C(c1ccc(N2CCOCC2)c([N+](=O)[O-])c1)N1CCCC(c2nnc3n2CCCCC3)C1. The lowest BCUT2D eigenvalue weighted by molar-refractivity contribution is -0.384. The summed E-state index contributed by atoms with van der Waals surface area (Å²) >= 11 is 0. The predicted octanol–water partition coefficient (Wildman–Crippen LogP) is 2.77. The average molecular weight is 455 g/mol. The fourth-order valence-electron chi connectivity index (χ4n) is 5.24. The van der Waals surface area contributed by atoms with Gasteiger partial charge >= 0.3 is 0 Å². The van der Waals surface area contributed by atoms with Crippen molar-refractivity contribution in [3.63, 3.8) is 0 Å². The van der Waals surface area contributed by atoms with Crippen LogP contribution in [0.1, 0.15) is 60.0 Å². The summed E-state index contributed by atoms with van der Waals surface area (Å²) in [5.41, 5.74) is 0.876. The Morgan fingerprint density at radius 3 is 2.73 bits per heavy atom. The molecule has 2 saturated heterocycles. The zero-order valence-corrected chi connectivity index (χ0v) is 18.8. The molecule has 2 fully saturated rings. The largest absolute Gasteiger partial charge is 0.378 e. The highest BCUT2D eigenvalue weighted by Crippen LogP contribution is 2.32. The molecule has 2 aromatic rings. The average Bonchev–Trinajstić information content (AvgIpc) is 3.12. The van der Waals surface area contributed by atoms with Gasteiger partial charge in [0.15, 0.2) is 0 Å². The topological polar surface area (TPSA) is 107 Å². The Kier molecular flexibility index (Phi) is 6.26. The second-order valence-electron chi connectivity index (χ2n) is 9.09. The normalized spacial score (nSPS) is 21.4. The third-order valence-electron chi connectivity index (χ3n) is 6.98. The van der Waals surface area contributed by atoms with Crippen LogP contribution in [0.4, 0.5) is 11.4 Å². The number of anilines is 1. The predicted molar refractivity (Wildman–Crippen MR) is 122 cm³/mol. The molecule has 176 valence electrons. The molecule has 0 aliphatic carbocycles. The summed E-state index contributed by atoms with van der Waals surface area (Å²) in [6, 6.07) is 4.85. The molecule has 3 aliphatic rings. The smallest absolute Gasteiger partial charge is 0.293 e. The Labute approximate surface area is 192 Å². The van der Waals surface area contributed by atoms with E-state index >= 15 is 0 Å². The molecule has 1 atom stereocenters. The molecule has 5 rings (SSSR count). The van der Waals surface area contributed by atoms with Crippen LogP contribution in [0.5, 0.6) is 0 Å². The lowest BCUT2D eigenvalue weighted by Gasteiger charge is -2.33. The number of hydrogen-bond acceptors (Lipinski definition) is 7. The number of nitro benzene ring substituents is 1. The third-order valence-corrected chi connectivity index (χ3v) is 6.98. The van der Waals surface area contributed by atoms with Crippen LogP contribution in [0.15, 0.2) is 18.2 Å². The van der Waals surface area contributed by atoms with Crippen molar-refractivity contribution in [2.24, 2.45) is 0 Å². The highest BCUT2D eigenvalue weighted by Gasteiger charge is 2.31. The Balaban J connectivity index is 1.35. The summed E-state index contributed by atoms with van der Waals surface area (Å²) in [4.78, 5) is 28.5. The molecule has 4 heterocycles. The van der Waals surface area contributed by atoms with Gasteiger partial charge in [0.05, 0.1) is 18.1 Å². The van der Waals surface area contributed by atoms with Gasteiger partial charge in [-0.25, -0.2) is 0 Å². The lowest BCUT2D eigenvalue weighted by atomic mass is 9.96. The van der Waals surface area contributed by atoms with Crippen molar-refractivity contribution in [3.8, 4) is 0 Å². The van der Waals surface area contributed by atoms with Gasteiger partial charge in [0.1, 0.15) is 17.3 Å². The molecule has 1 amide bonds. The van der Waals surface area contributed by atoms with Gasteiger partial charge in [-0.3, -0.25) is 14.9 Å². The number of aryl methyl sites for hydroxylation is 1. The van der Waals surface area contributed by atoms with E-state index in [9.17, 15) is 14.9 Å². The molecular weight excluding hydrogens is 424 g/mol. The summed E-state index contributed by atoms with van der Waals surface area (Å²) in [5, 5.41) is 20.7. The molecule has 0 N–H and O–H groups in total. The quantitative estimate of drug-likeness (QED) is 0.516.